The lowest BCUT2D eigenvalue weighted by atomic mass is 10.1. The van der Waals surface area contributed by atoms with Gasteiger partial charge in [-0.3, -0.25) is 4.90 Å². The highest BCUT2D eigenvalue weighted by atomic mass is 16.5. The van der Waals surface area contributed by atoms with Gasteiger partial charge in [-0.05, 0) is 25.5 Å². The molecule has 3 heterocycles. The molecule has 1 N–H and O–H groups in total. The van der Waals surface area contributed by atoms with E-state index in [9.17, 15) is 0 Å². The maximum absolute atomic E-state index is 5.37. The Hall–Kier alpha value is -2.22. The lowest BCUT2D eigenvalue weighted by molar-refractivity contribution is 0.183. The molecule has 0 aliphatic carbocycles. The number of hydrogen-bond acceptors (Lipinski definition) is 8. The van der Waals surface area contributed by atoms with Gasteiger partial charge in [-0.1, -0.05) is 19.0 Å². The van der Waals surface area contributed by atoms with Crippen LogP contribution in [-0.2, 0) is 6.54 Å². The van der Waals surface area contributed by atoms with Gasteiger partial charge in [0.15, 0.2) is 5.82 Å². The van der Waals surface area contributed by atoms with E-state index in [4.69, 9.17) is 4.52 Å². The smallest absolute Gasteiger partial charge is 0.240 e. The molecule has 1 aliphatic rings. The number of aromatic nitrogens is 4. The molecule has 0 saturated carbocycles. The molecule has 0 amide bonds. The molecule has 0 radical (unpaired) electrons. The zero-order valence-electron chi connectivity index (χ0n) is 15.4. The zero-order valence-corrected chi connectivity index (χ0v) is 15.4. The molecular formula is C17H27N7O. The van der Waals surface area contributed by atoms with Crippen LogP contribution in [0.5, 0.6) is 0 Å². The topological polar surface area (TPSA) is 83.2 Å². The number of piperidine rings is 1. The Balaban J connectivity index is 1.58. The van der Waals surface area contributed by atoms with Crippen molar-refractivity contribution in [3.63, 3.8) is 0 Å². The Bertz CT molecular complexity index is 685. The standard InChI is InChI=1S/C17H27N7O/c1-12(2)16-21-15(25-22-16)11-24-9-5-6-13(10-24)19-17-18-8-7-14(20-17)23(3)4/h7-8,12-13H,5-6,9-11H2,1-4H3,(H,18,19,20). The van der Waals surface area contributed by atoms with Crippen molar-refractivity contribution in [2.75, 3.05) is 37.4 Å². The Labute approximate surface area is 148 Å². The van der Waals surface area contributed by atoms with Crippen LogP contribution in [-0.4, -0.2) is 58.2 Å². The molecule has 3 rings (SSSR count). The number of nitrogens with one attached hydrogen (secondary N) is 1. The molecule has 1 saturated heterocycles. The van der Waals surface area contributed by atoms with E-state index in [0.717, 1.165) is 37.6 Å². The summed E-state index contributed by atoms with van der Waals surface area (Å²) in [4.78, 5) is 17.7. The lowest BCUT2D eigenvalue weighted by Gasteiger charge is -2.32. The van der Waals surface area contributed by atoms with Gasteiger partial charge in [0, 0.05) is 38.8 Å². The fourth-order valence-corrected chi connectivity index (χ4v) is 2.93. The summed E-state index contributed by atoms with van der Waals surface area (Å²) in [5.41, 5.74) is 0. The molecule has 0 bridgehead atoms. The van der Waals surface area contributed by atoms with E-state index < -0.39 is 0 Å². The van der Waals surface area contributed by atoms with Crippen LogP contribution in [0.3, 0.4) is 0 Å². The first-order chi connectivity index (χ1) is 12.0. The highest BCUT2D eigenvalue weighted by molar-refractivity contribution is 5.41. The van der Waals surface area contributed by atoms with Crippen molar-refractivity contribution < 1.29 is 4.52 Å². The molecule has 0 aromatic carbocycles. The SMILES string of the molecule is CC(C)c1noc(CN2CCCC(Nc3nccc(N(C)C)n3)C2)n1. The first-order valence-corrected chi connectivity index (χ1v) is 8.83. The normalized spacial score (nSPS) is 18.5. The molecule has 25 heavy (non-hydrogen) atoms. The van der Waals surface area contributed by atoms with Crippen molar-refractivity contribution in [1.82, 2.24) is 25.0 Å². The van der Waals surface area contributed by atoms with Crippen molar-refractivity contribution in [3.8, 4) is 0 Å². The molecule has 2 aromatic rings. The Kier molecular flexibility index (Phi) is 5.47. The van der Waals surface area contributed by atoms with Crippen LogP contribution < -0.4 is 10.2 Å². The van der Waals surface area contributed by atoms with E-state index in [2.05, 4.69) is 44.2 Å². The fraction of sp³-hybridized carbons (Fsp3) is 0.647. The summed E-state index contributed by atoms with van der Waals surface area (Å²) in [6, 6.07) is 2.22. The summed E-state index contributed by atoms with van der Waals surface area (Å²) in [6.07, 6.45) is 4.01. The van der Waals surface area contributed by atoms with Gasteiger partial charge in [0.2, 0.25) is 11.8 Å². The van der Waals surface area contributed by atoms with Crippen LogP contribution in [0, 0.1) is 0 Å². The highest BCUT2D eigenvalue weighted by Crippen LogP contribution is 2.18. The van der Waals surface area contributed by atoms with E-state index >= 15 is 0 Å². The number of hydrogen-bond donors (Lipinski definition) is 1. The van der Waals surface area contributed by atoms with Crippen LogP contribution in [0.25, 0.3) is 0 Å². The van der Waals surface area contributed by atoms with Crippen LogP contribution in [0.2, 0.25) is 0 Å². The summed E-state index contributed by atoms with van der Waals surface area (Å²) in [7, 11) is 3.95. The minimum absolute atomic E-state index is 0.286. The molecular weight excluding hydrogens is 318 g/mol. The van der Waals surface area contributed by atoms with Crippen molar-refractivity contribution >= 4 is 11.8 Å². The van der Waals surface area contributed by atoms with E-state index in [1.54, 1.807) is 6.20 Å². The summed E-state index contributed by atoms with van der Waals surface area (Å²) in [5, 5.41) is 7.50. The third-order valence-corrected chi connectivity index (χ3v) is 4.30. The molecule has 1 aliphatic heterocycles. The Morgan fingerprint density at radius 3 is 2.92 bits per heavy atom. The third kappa shape index (κ3) is 4.66. The lowest BCUT2D eigenvalue weighted by Crippen LogP contribution is -2.42. The minimum atomic E-state index is 0.286. The summed E-state index contributed by atoms with van der Waals surface area (Å²) < 4.78 is 5.37. The maximum Gasteiger partial charge on any atom is 0.240 e. The van der Waals surface area contributed by atoms with Crippen molar-refractivity contribution in [2.24, 2.45) is 0 Å². The second kappa shape index (κ2) is 7.77. The van der Waals surface area contributed by atoms with Gasteiger partial charge in [0.25, 0.3) is 0 Å². The van der Waals surface area contributed by atoms with Gasteiger partial charge in [0.05, 0.1) is 6.54 Å². The molecule has 1 unspecified atom stereocenters. The van der Waals surface area contributed by atoms with Gasteiger partial charge < -0.3 is 14.7 Å². The summed E-state index contributed by atoms with van der Waals surface area (Å²) in [6.45, 7) is 6.77. The molecule has 0 spiro atoms. The predicted molar refractivity (Wildman–Crippen MR) is 96.7 cm³/mol. The monoisotopic (exact) mass is 345 g/mol. The van der Waals surface area contributed by atoms with Gasteiger partial charge >= 0.3 is 0 Å². The first-order valence-electron chi connectivity index (χ1n) is 8.83. The average molecular weight is 345 g/mol. The van der Waals surface area contributed by atoms with Gasteiger partial charge in [0.1, 0.15) is 5.82 Å². The highest BCUT2D eigenvalue weighted by Gasteiger charge is 2.22. The molecule has 136 valence electrons. The van der Waals surface area contributed by atoms with Crippen LogP contribution >= 0.6 is 0 Å². The van der Waals surface area contributed by atoms with Gasteiger partial charge in [-0.15, -0.1) is 0 Å². The van der Waals surface area contributed by atoms with E-state index in [0.29, 0.717) is 24.4 Å². The average Bonchev–Trinajstić information content (AvgIpc) is 3.04. The molecule has 2 aromatic heterocycles. The number of anilines is 2. The molecule has 1 atom stereocenters. The first kappa shape index (κ1) is 17.6. The molecule has 1 fully saturated rings. The zero-order chi connectivity index (χ0) is 17.8. The summed E-state index contributed by atoms with van der Waals surface area (Å²) >= 11 is 0. The quantitative estimate of drug-likeness (QED) is 0.852. The van der Waals surface area contributed by atoms with Crippen molar-refractivity contribution in [2.45, 2.75) is 45.2 Å². The summed E-state index contributed by atoms with van der Waals surface area (Å²) in [5.74, 6) is 3.33. The maximum atomic E-state index is 5.37. The van der Waals surface area contributed by atoms with Crippen LogP contribution in [0.15, 0.2) is 16.8 Å². The number of likely N-dealkylation sites (tertiary alicyclic amines) is 1. The Morgan fingerprint density at radius 1 is 1.36 bits per heavy atom. The number of nitrogens with zero attached hydrogens (tertiary/aromatic N) is 6. The van der Waals surface area contributed by atoms with E-state index in [-0.39, 0.29) is 5.92 Å². The minimum Gasteiger partial charge on any atom is -0.363 e. The van der Waals surface area contributed by atoms with E-state index in [1.165, 1.54) is 0 Å². The van der Waals surface area contributed by atoms with Crippen molar-refractivity contribution in [3.05, 3.63) is 24.0 Å². The second-order valence-corrected chi connectivity index (χ2v) is 7.05. The third-order valence-electron chi connectivity index (χ3n) is 4.30. The van der Waals surface area contributed by atoms with Crippen molar-refractivity contribution in [1.29, 1.82) is 0 Å². The molecule has 8 heteroatoms. The number of rotatable bonds is 6. The van der Waals surface area contributed by atoms with Gasteiger partial charge in [-0.2, -0.15) is 9.97 Å². The largest absolute Gasteiger partial charge is 0.363 e. The predicted octanol–water partition coefficient (Wildman–Crippen LogP) is 2.13. The van der Waals surface area contributed by atoms with Gasteiger partial charge in [-0.25, -0.2) is 4.98 Å². The van der Waals surface area contributed by atoms with Crippen LogP contribution in [0.4, 0.5) is 11.8 Å². The fourth-order valence-electron chi connectivity index (χ4n) is 2.93. The van der Waals surface area contributed by atoms with E-state index in [1.807, 2.05) is 25.1 Å². The van der Waals surface area contributed by atoms with Crippen LogP contribution in [0.1, 0.15) is 44.3 Å². The second-order valence-electron chi connectivity index (χ2n) is 7.05. The molecule has 8 nitrogen and oxygen atoms in total. The Morgan fingerprint density at radius 2 is 2.20 bits per heavy atom.